The van der Waals surface area contributed by atoms with Gasteiger partial charge in [0.15, 0.2) is 0 Å². The van der Waals surface area contributed by atoms with Crippen LogP contribution in [-0.4, -0.2) is 5.91 Å². The maximum atomic E-state index is 13.2. The SMILES string of the molecule is Nc1ccc(C(=O)NCc2ccccc2)cc1F. The molecule has 0 bridgehead atoms. The number of nitrogens with one attached hydrogen (secondary N) is 1. The van der Waals surface area contributed by atoms with Gasteiger partial charge in [-0.1, -0.05) is 30.3 Å². The molecule has 0 fully saturated rings. The highest BCUT2D eigenvalue weighted by Crippen LogP contribution is 2.12. The van der Waals surface area contributed by atoms with Crippen LogP contribution >= 0.6 is 0 Å². The van der Waals surface area contributed by atoms with Crippen molar-refractivity contribution in [2.45, 2.75) is 6.54 Å². The van der Waals surface area contributed by atoms with E-state index in [1.54, 1.807) is 0 Å². The Hall–Kier alpha value is -2.36. The molecule has 3 N–H and O–H groups in total. The van der Waals surface area contributed by atoms with Gasteiger partial charge in [-0.05, 0) is 23.8 Å². The normalized spacial score (nSPS) is 10.1. The van der Waals surface area contributed by atoms with Crippen molar-refractivity contribution in [3.8, 4) is 0 Å². The molecule has 2 aromatic carbocycles. The van der Waals surface area contributed by atoms with Crippen molar-refractivity contribution in [2.75, 3.05) is 5.73 Å². The monoisotopic (exact) mass is 244 g/mol. The number of hydrogen-bond donors (Lipinski definition) is 2. The van der Waals surface area contributed by atoms with Gasteiger partial charge in [0.25, 0.3) is 5.91 Å². The molecule has 0 aliphatic carbocycles. The highest BCUT2D eigenvalue weighted by Gasteiger charge is 2.07. The van der Waals surface area contributed by atoms with E-state index in [1.807, 2.05) is 30.3 Å². The van der Waals surface area contributed by atoms with Crippen LogP contribution in [0, 0.1) is 5.82 Å². The van der Waals surface area contributed by atoms with E-state index in [9.17, 15) is 9.18 Å². The summed E-state index contributed by atoms with van der Waals surface area (Å²) in [7, 11) is 0. The summed E-state index contributed by atoms with van der Waals surface area (Å²) in [4.78, 5) is 11.8. The summed E-state index contributed by atoms with van der Waals surface area (Å²) in [6.45, 7) is 0.408. The van der Waals surface area contributed by atoms with Crippen LogP contribution in [0.15, 0.2) is 48.5 Å². The lowest BCUT2D eigenvalue weighted by Crippen LogP contribution is -2.22. The van der Waals surface area contributed by atoms with Gasteiger partial charge in [-0.3, -0.25) is 4.79 Å². The summed E-state index contributed by atoms with van der Waals surface area (Å²) in [5.41, 5.74) is 6.63. The first-order chi connectivity index (χ1) is 8.66. The molecule has 0 unspecified atom stereocenters. The second-order valence-electron chi connectivity index (χ2n) is 3.90. The number of benzene rings is 2. The molecule has 4 heteroatoms. The van der Waals surface area contributed by atoms with E-state index in [-0.39, 0.29) is 17.2 Å². The first-order valence-electron chi connectivity index (χ1n) is 5.54. The summed E-state index contributed by atoms with van der Waals surface area (Å²) in [6, 6.07) is 13.5. The zero-order chi connectivity index (χ0) is 13.0. The number of nitrogens with two attached hydrogens (primary N) is 1. The smallest absolute Gasteiger partial charge is 0.251 e. The van der Waals surface area contributed by atoms with Gasteiger partial charge in [-0.2, -0.15) is 0 Å². The maximum absolute atomic E-state index is 13.2. The molecule has 18 heavy (non-hydrogen) atoms. The summed E-state index contributed by atoms with van der Waals surface area (Å²) in [6.07, 6.45) is 0. The number of nitrogen functional groups attached to an aromatic ring is 1. The standard InChI is InChI=1S/C14H13FN2O/c15-12-8-11(6-7-13(12)16)14(18)17-9-10-4-2-1-3-5-10/h1-8H,9,16H2,(H,17,18). The van der Waals surface area contributed by atoms with E-state index in [1.165, 1.54) is 12.1 Å². The number of halogens is 1. The predicted octanol–water partition coefficient (Wildman–Crippen LogP) is 2.34. The van der Waals surface area contributed by atoms with Gasteiger partial charge in [-0.25, -0.2) is 4.39 Å². The lowest BCUT2D eigenvalue weighted by molar-refractivity contribution is 0.0950. The van der Waals surface area contributed by atoms with Gasteiger partial charge in [-0.15, -0.1) is 0 Å². The van der Waals surface area contributed by atoms with Crippen LogP contribution in [0.25, 0.3) is 0 Å². The minimum atomic E-state index is -0.581. The second kappa shape index (κ2) is 5.31. The average molecular weight is 244 g/mol. The molecule has 0 radical (unpaired) electrons. The Balaban J connectivity index is 2.02. The third-order valence-electron chi connectivity index (χ3n) is 2.56. The number of carbonyl (C=O) groups excluding carboxylic acids is 1. The largest absolute Gasteiger partial charge is 0.396 e. The topological polar surface area (TPSA) is 55.1 Å². The summed E-state index contributed by atoms with van der Waals surface area (Å²) >= 11 is 0. The van der Waals surface area contributed by atoms with Crippen molar-refractivity contribution in [2.24, 2.45) is 0 Å². The second-order valence-corrected chi connectivity index (χ2v) is 3.90. The quantitative estimate of drug-likeness (QED) is 0.814. The van der Waals surface area contributed by atoms with Crippen LogP contribution < -0.4 is 11.1 Å². The Bertz CT molecular complexity index is 555. The van der Waals surface area contributed by atoms with Crippen molar-refractivity contribution in [3.63, 3.8) is 0 Å². The fourth-order valence-electron chi connectivity index (χ4n) is 1.55. The molecule has 0 spiro atoms. The number of hydrogen-bond acceptors (Lipinski definition) is 2. The predicted molar refractivity (Wildman–Crippen MR) is 68.4 cm³/mol. The number of rotatable bonds is 3. The van der Waals surface area contributed by atoms with E-state index in [4.69, 9.17) is 5.73 Å². The molecule has 0 aliphatic rings. The van der Waals surface area contributed by atoms with Gasteiger partial charge in [0.05, 0.1) is 5.69 Å². The minimum absolute atomic E-state index is 0.0367. The van der Waals surface area contributed by atoms with Crippen molar-refractivity contribution >= 4 is 11.6 Å². The van der Waals surface area contributed by atoms with Crippen LogP contribution in [0.4, 0.5) is 10.1 Å². The first kappa shape index (κ1) is 12.1. The van der Waals surface area contributed by atoms with Crippen LogP contribution in [0.3, 0.4) is 0 Å². The lowest BCUT2D eigenvalue weighted by Gasteiger charge is -2.06. The van der Waals surface area contributed by atoms with Gasteiger partial charge in [0, 0.05) is 12.1 Å². The summed E-state index contributed by atoms with van der Waals surface area (Å²) < 4.78 is 13.2. The van der Waals surface area contributed by atoms with Gasteiger partial charge < -0.3 is 11.1 Å². The fourth-order valence-corrected chi connectivity index (χ4v) is 1.55. The van der Waals surface area contributed by atoms with Crippen molar-refractivity contribution < 1.29 is 9.18 Å². The van der Waals surface area contributed by atoms with Crippen LogP contribution in [0.2, 0.25) is 0 Å². The summed E-state index contributed by atoms with van der Waals surface area (Å²) in [5, 5.41) is 2.72. The molecule has 0 aromatic heterocycles. The Labute approximate surface area is 104 Å². The molecule has 0 saturated carbocycles. The Morgan fingerprint density at radius 2 is 1.89 bits per heavy atom. The number of amides is 1. The Kier molecular flexibility index (Phi) is 3.57. The zero-order valence-corrected chi connectivity index (χ0v) is 9.69. The fraction of sp³-hybridized carbons (Fsp3) is 0.0714. The van der Waals surface area contributed by atoms with Crippen LogP contribution in [0.1, 0.15) is 15.9 Å². The van der Waals surface area contributed by atoms with E-state index >= 15 is 0 Å². The Morgan fingerprint density at radius 3 is 2.56 bits per heavy atom. The van der Waals surface area contributed by atoms with E-state index in [0.29, 0.717) is 6.54 Å². The highest BCUT2D eigenvalue weighted by molar-refractivity contribution is 5.94. The molecule has 92 valence electrons. The van der Waals surface area contributed by atoms with Gasteiger partial charge >= 0.3 is 0 Å². The molecule has 0 atom stereocenters. The zero-order valence-electron chi connectivity index (χ0n) is 9.69. The summed E-state index contributed by atoms with van der Waals surface area (Å²) in [5.74, 6) is -0.903. The number of carbonyl (C=O) groups is 1. The Morgan fingerprint density at radius 1 is 1.17 bits per heavy atom. The molecule has 3 nitrogen and oxygen atoms in total. The molecule has 0 aliphatic heterocycles. The third-order valence-corrected chi connectivity index (χ3v) is 2.56. The number of anilines is 1. The molecule has 0 saturated heterocycles. The average Bonchev–Trinajstić information content (AvgIpc) is 2.40. The van der Waals surface area contributed by atoms with Crippen LogP contribution in [-0.2, 0) is 6.54 Å². The van der Waals surface area contributed by atoms with E-state index in [0.717, 1.165) is 11.6 Å². The van der Waals surface area contributed by atoms with E-state index in [2.05, 4.69) is 5.32 Å². The van der Waals surface area contributed by atoms with Gasteiger partial charge in [0.2, 0.25) is 0 Å². The minimum Gasteiger partial charge on any atom is -0.396 e. The van der Waals surface area contributed by atoms with Crippen molar-refractivity contribution in [1.82, 2.24) is 5.32 Å². The molecular formula is C14H13FN2O. The molecule has 0 heterocycles. The van der Waals surface area contributed by atoms with Gasteiger partial charge in [0.1, 0.15) is 5.82 Å². The molecule has 1 amide bonds. The van der Waals surface area contributed by atoms with Crippen molar-refractivity contribution in [3.05, 3.63) is 65.5 Å². The lowest BCUT2D eigenvalue weighted by atomic mass is 10.1. The molecular weight excluding hydrogens is 231 g/mol. The maximum Gasteiger partial charge on any atom is 0.251 e. The van der Waals surface area contributed by atoms with Crippen molar-refractivity contribution in [1.29, 1.82) is 0 Å². The van der Waals surface area contributed by atoms with E-state index < -0.39 is 5.82 Å². The first-order valence-corrected chi connectivity index (χ1v) is 5.54. The highest BCUT2D eigenvalue weighted by atomic mass is 19.1. The van der Waals surface area contributed by atoms with Crippen LogP contribution in [0.5, 0.6) is 0 Å². The third kappa shape index (κ3) is 2.85. The molecule has 2 rings (SSSR count). The molecule has 2 aromatic rings.